The monoisotopic (exact) mass is 332 g/mol. The minimum atomic E-state index is -4.39. The third-order valence-corrected chi connectivity index (χ3v) is 3.41. The Labute approximate surface area is 135 Å². The van der Waals surface area contributed by atoms with Crippen molar-refractivity contribution in [1.29, 1.82) is 0 Å². The van der Waals surface area contributed by atoms with Gasteiger partial charge in [-0.3, -0.25) is 4.79 Å². The summed E-state index contributed by atoms with van der Waals surface area (Å²) < 4.78 is 43.7. The molecule has 7 heteroatoms. The summed E-state index contributed by atoms with van der Waals surface area (Å²) in [4.78, 5) is 10.6. The van der Waals surface area contributed by atoms with Gasteiger partial charge < -0.3 is 4.42 Å². The number of carbonyl (C=O) groups excluding carboxylic acids is 1. The fourth-order valence-electron chi connectivity index (χ4n) is 2.16. The summed E-state index contributed by atoms with van der Waals surface area (Å²) in [6, 6.07) is 6.52. The Hall–Kier alpha value is -2.96. The first-order valence-corrected chi connectivity index (χ1v) is 7.02. The number of hydrogen-bond donors (Lipinski definition) is 0. The third-order valence-electron chi connectivity index (χ3n) is 3.41. The lowest BCUT2D eigenvalue weighted by Crippen LogP contribution is -2.09. The number of alkyl halides is 3. The molecule has 1 aliphatic carbocycles. The summed E-state index contributed by atoms with van der Waals surface area (Å²) in [6.07, 6.45) is 1.42. The molecule has 1 aromatic heterocycles. The van der Waals surface area contributed by atoms with Crippen LogP contribution >= 0.6 is 0 Å². The summed E-state index contributed by atoms with van der Waals surface area (Å²) in [5.41, 5.74) is 0.844. The molecule has 3 rings (SSSR count). The van der Waals surface area contributed by atoms with E-state index in [-0.39, 0.29) is 18.2 Å². The molecule has 0 aliphatic heterocycles. The molecule has 0 N–H and O–H groups in total. The second kappa shape index (κ2) is 6.27. The van der Waals surface area contributed by atoms with Gasteiger partial charge >= 0.3 is 6.18 Å². The molecule has 0 unspecified atom stereocenters. The minimum Gasteiger partial charge on any atom is -0.416 e. The van der Waals surface area contributed by atoms with E-state index < -0.39 is 11.7 Å². The standard InChI is InChI=1S/C17H11F3N2O2/c18-17(19,20)14-3-1-2-12(8-9-14)15-21-22-16(24-15)13-6-4-11(10-23)5-7-13/h2-10H,1H2. The molecule has 0 amide bonds. The van der Waals surface area contributed by atoms with Gasteiger partial charge in [0.1, 0.15) is 6.29 Å². The van der Waals surface area contributed by atoms with E-state index in [2.05, 4.69) is 10.2 Å². The summed E-state index contributed by atoms with van der Waals surface area (Å²) in [5.74, 6) is 0.363. The van der Waals surface area contributed by atoms with Crippen molar-refractivity contribution in [2.75, 3.05) is 0 Å². The van der Waals surface area contributed by atoms with E-state index in [0.29, 0.717) is 16.7 Å². The lowest BCUT2D eigenvalue weighted by Gasteiger charge is -2.05. The third kappa shape index (κ3) is 3.34. The van der Waals surface area contributed by atoms with Crippen molar-refractivity contribution < 1.29 is 22.4 Å². The van der Waals surface area contributed by atoms with Gasteiger partial charge in [-0.05, 0) is 30.7 Å². The number of rotatable bonds is 3. The van der Waals surface area contributed by atoms with Crippen LogP contribution in [0.25, 0.3) is 17.0 Å². The maximum atomic E-state index is 12.7. The van der Waals surface area contributed by atoms with Gasteiger partial charge in [-0.15, -0.1) is 10.2 Å². The van der Waals surface area contributed by atoms with Gasteiger partial charge in [0, 0.05) is 16.7 Å². The van der Waals surface area contributed by atoms with Crippen LogP contribution in [0.2, 0.25) is 0 Å². The summed E-state index contributed by atoms with van der Waals surface area (Å²) in [5, 5.41) is 7.77. The van der Waals surface area contributed by atoms with Crippen LogP contribution in [0.1, 0.15) is 22.7 Å². The number of halogens is 3. The number of aldehydes is 1. The van der Waals surface area contributed by atoms with E-state index in [0.717, 1.165) is 18.4 Å². The highest BCUT2D eigenvalue weighted by Gasteiger charge is 2.31. The Morgan fingerprint density at radius 1 is 1.00 bits per heavy atom. The largest absolute Gasteiger partial charge is 0.416 e. The van der Waals surface area contributed by atoms with Crippen LogP contribution in [-0.4, -0.2) is 22.7 Å². The Bertz CT molecular complexity index is 843. The first-order chi connectivity index (χ1) is 11.5. The van der Waals surface area contributed by atoms with Crippen LogP contribution < -0.4 is 0 Å². The second-order valence-electron chi connectivity index (χ2n) is 5.04. The molecular formula is C17H11F3N2O2. The van der Waals surface area contributed by atoms with E-state index >= 15 is 0 Å². The van der Waals surface area contributed by atoms with Gasteiger partial charge in [0.25, 0.3) is 0 Å². The fraction of sp³-hybridized carbons (Fsp3) is 0.118. The molecule has 0 radical (unpaired) electrons. The molecule has 0 saturated heterocycles. The highest BCUT2D eigenvalue weighted by atomic mass is 19.4. The van der Waals surface area contributed by atoms with Crippen molar-refractivity contribution >= 4 is 11.9 Å². The fourth-order valence-corrected chi connectivity index (χ4v) is 2.16. The van der Waals surface area contributed by atoms with Crippen LogP contribution in [0.15, 0.2) is 58.6 Å². The average molecular weight is 332 g/mol. The summed E-state index contributed by atoms with van der Waals surface area (Å²) in [7, 11) is 0. The number of nitrogens with zero attached hydrogens (tertiary/aromatic N) is 2. The number of benzene rings is 1. The minimum absolute atomic E-state index is 0.114. The number of carbonyl (C=O) groups is 1. The lowest BCUT2D eigenvalue weighted by molar-refractivity contribution is -0.0883. The van der Waals surface area contributed by atoms with E-state index in [1.165, 1.54) is 6.08 Å². The number of aromatic nitrogens is 2. The van der Waals surface area contributed by atoms with Crippen LogP contribution in [0, 0.1) is 0 Å². The maximum Gasteiger partial charge on any atom is 0.416 e. The normalized spacial score (nSPS) is 14.8. The summed E-state index contributed by atoms with van der Waals surface area (Å²) in [6.45, 7) is 0. The topological polar surface area (TPSA) is 56.0 Å². The first kappa shape index (κ1) is 15.9. The zero-order valence-electron chi connectivity index (χ0n) is 12.2. The van der Waals surface area contributed by atoms with Gasteiger partial charge in [-0.1, -0.05) is 24.3 Å². The molecular weight excluding hydrogens is 321 g/mol. The van der Waals surface area contributed by atoms with Crippen molar-refractivity contribution in [2.24, 2.45) is 0 Å². The molecule has 1 heterocycles. The molecule has 0 bridgehead atoms. The van der Waals surface area contributed by atoms with Crippen molar-refractivity contribution in [1.82, 2.24) is 10.2 Å². The van der Waals surface area contributed by atoms with Crippen LogP contribution in [0.3, 0.4) is 0 Å². The molecule has 2 aromatic rings. The predicted octanol–water partition coefficient (Wildman–Crippen LogP) is 4.38. The summed E-state index contributed by atoms with van der Waals surface area (Å²) >= 11 is 0. The number of allylic oxidation sites excluding steroid dienone is 6. The maximum absolute atomic E-state index is 12.7. The molecule has 0 fully saturated rings. The second-order valence-corrected chi connectivity index (χ2v) is 5.04. The van der Waals surface area contributed by atoms with E-state index in [1.807, 2.05) is 0 Å². The first-order valence-electron chi connectivity index (χ1n) is 7.02. The van der Waals surface area contributed by atoms with Gasteiger partial charge in [-0.25, -0.2) is 0 Å². The van der Waals surface area contributed by atoms with Gasteiger partial charge in [0.15, 0.2) is 0 Å². The van der Waals surface area contributed by atoms with Crippen LogP contribution in [0.5, 0.6) is 0 Å². The molecule has 24 heavy (non-hydrogen) atoms. The zero-order valence-corrected chi connectivity index (χ0v) is 12.2. The average Bonchev–Trinajstić information content (AvgIpc) is 2.91. The zero-order chi connectivity index (χ0) is 17.2. The van der Waals surface area contributed by atoms with Crippen LogP contribution in [-0.2, 0) is 0 Å². The number of hydrogen-bond acceptors (Lipinski definition) is 4. The van der Waals surface area contributed by atoms with E-state index in [9.17, 15) is 18.0 Å². The lowest BCUT2D eigenvalue weighted by atomic mass is 10.1. The van der Waals surface area contributed by atoms with Crippen molar-refractivity contribution in [3.05, 3.63) is 65.6 Å². The molecule has 122 valence electrons. The predicted molar refractivity (Wildman–Crippen MR) is 81.0 cm³/mol. The Morgan fingerprint density at radius 3 is 2.38 bits per heavy atom. The molecule has 0 atom stereocenters. The highest BCUT2D eigenvalue weighted by molar-refractivity contribution is 5.76. The molecule has 0 saturated carbocycles. The van der Waals surface area contributed by atoms with E-state index in [1.54, 1.807) is 30.3 Å². The van der Waals surface area contributed by atoms with Crippen LogP contribution in [0.4, 0.5) is 13.2 Å². The molecule has 4 nitrogen and oxygen atoms in total. The molecule has 1 aliphatic rings. The molecule has 1 aromatic carbocycles. The quantitative estimate of drug-likeness (QED) is 0.783. The van der Waals surface area contributed by atoms with Gasteiger partial charge in [0.2, 0.25) is 11.8 Å². The Kier molecular flexibility index (Phi) is 4.16. The SMILES string of the molecule is O=Cc1ccc(-c2nnc(C3=CCC=C(C(F)(F)F)C=C3)o2)cc1. The molecule has 0 spiro atoms. The van der Waals surface area contributed by atoms with Gasteiger partial charge in [0.05, 0.1) is 5.57 Å². The van der Waals surface area contributed by atoms with Gasteiger partial charge in [-0.2, -0.15) is 13.2 Å². The van der Waals surface area contributed by atoms with Crippen molar-refractivity contribution in [2.45, 2.75) is 12.6 Å². The Balaban J connectivity index is 1.83. The highest BCUT2D eigenvalue weighted by Crippen LogP contribution is 2.31. The van der Waals surface area contributed by atoms with Crippen molar-refractivity contribution in [3.63, 3.8) is 0 Å². The van der Waals surface area contributed by atoms with Crippen molar-refractivity contribution in [3.8, 4) is 11.5 Å². The smallest absolute Gasteiger partial charge is 0.416 e. The Morgan fingerprint density at radius 2 is 1.71 bits per heavy atom. The van der Waals surface area contributed by atoms with E-state index in [4.69, 9.17) is 4.42 Å².